The van der Waals surface area contributed by atoms with Gasteiger partial charge in [-0.1, -0.05) is 31.4 Å². The quantitative estimate of drug-likeness (QED) is 0.338. The van der Waals surface area contributed by atoms with Crippen molar-refractivity contribution in [2.24, 2.45) is 5.92 Å². The van der Waals surface area contributed by atoms with Crippen LogP contribution in [0.1, 0.15) is 29.3 Å². The van der Waals surface area contributed by atoms with Gasteiger partial charge >= 0.3 is 11.9 Å². The molecule has 1 aromatic rings. The first-order valence-corrected chi connectivity index (χ1v) is 10.6. The van der Waals surface area contributed by atoms with Gasteiger partial charge in [-0.15, -0.1) is 0 Å². The first kappa shape index (κ1) is 24.4. The number of ether oxygens (including phenoxy) is 2. The first-order valence-electron chi connectivity index (χ1n) is 9.69. The summed E-state index contributed by atoms with van der Waals surface area (Å²) in [5.41, 5.74) is 0.485. The Kier molecular flexibility index (Phi) is 9.02. The van der Waals surface area contributed by atoms with E-state index in [4.69, 9.17) is 9.47 Å². The molecule has 1 heterocycles. The van der Waals surface area contributed by atoms with Crippen molar-refractivity contribution in [3.63, 3.8) is 0 Å². The van der Waals surface area contributed by atoms with E-state index in [0.717, 1.165) is 11.8 Å². The lowest BCUT2D eigenvalue weighted by Crippen LogP contribution is -2.36. The minimum Gasteiger partial charge on any atom is -0.458 e. The lowest BCUT2D eigenvalue weighted by atomic mass is 10.0. The van der Waals surface area contributed by atoms with Gasteiger partial charge in [0.15, 0.2) is 10.6 Å². The highest BCUT2D eigenvalue weighted by Gasteiger charge is 2.36. The van der Waals surface area contributed by atoms with E-state index < -0.39 is 29.3 Å². The van der Waals surface area contributed by atoms with Gasteiger partial charge in [-0.25, -0.2) is 4.79 Å². The van der Waals surface area contributed by atoms with E-state index in [1.54, 1.807) is 25.1 Å². The Labute approximate surface area is 185 Å². The zero-order valence-corrected chi connectivity index (χ0v) is 18.3. The molecule has 1 fully saturated rings. The third-order valence-electron chi connectivity index (χ3n) is 4.55. The van der Waals surface area contributed by atoms with Gasteiger partial charge in [0.25, 0.3) is 0 Å². The van der Waals surface area contributed by atoms with Gasteiger partial charge in [0, 0.05) is 13.5 Å². The molecular weight excluding hydrogens is 420 g/mol. The highest BCUT2D eigenvalue weighted by Crippen LogP contribution is 2.24. The van der Waals surface area contributed by atoms with E-state index in [9.17, 15) is 19.2 Å². The van der Waals surface area contributed by atoms with Crippen molar-refractivity contribution in [2.45, 2.75) is 31.7 Å². The average Bonchev–Trinajstić information content (AvgIpc) is 3.22. The maximum atomic E-state index is 12.7. The van der Waals surface area contributed by atoms with Gasteiger partial charge in [0.2, 0.25) is 5.91 Å². The van der Waals surface area contributed by atoms with Gasteiger partial charge in [-0.2, -0.15) is 0 Å². The Morgan fingerprint density at radius 1 is 1.32 bits per heavy atom. The Balaban J connectivity index is 2.02. The van der Waals surface area contributed by atoms with Crippen LogP contribution in [0.15, 0.2) is 43.5 Å². The van der Waals surface area contributed by atoms with Crippen molar-refractivity contribution in [1.82, 2.24) is 5.32 Å². The predicted molar refractivity (Wildman–Crippen MR) is 119 cm³/mol. The van der Waals surface area contributed by atoms with E-state index in [1.807, 2.05) is 0 Å². The van der Waals surface area contributed by atoms with Crippen molar-refractivity contribution >= 4 is 40.4 Å². The van der Waals surface area contributed by atoms with Crippen LogP contribution in [0.3, 0.4) is 0 Å². The van der Waals surface area contributed by atoms with Crippen LogP contribution in [0.5, 0.6) is 0 Å². The number of rotatable bonds is 9. The minimum absolute atomic E-state index is 0.0577. The second-order valence-corrected chi connectivity index (χ2v) is 8.19. The number of esters is 2. The number of carbonyl (C=O) groups excluding carboxylic acids is 4. The molecule has 0 radical (unpaired) electrons. The summed E-state index contributed by atoms with van der Waals surface area (Å²) in [7, 11) is 0. The fraction of sp³-hybridized carbons (Fsp3) is 0.364. The first-order chi connectivity index (χ1) is 14.8. The van der Waals surface area contributed by atoms with E-state index in [0.29, 0.717) is 11.3 Å². The van der Waals surface area contributed by atoms with Gasteiger partial charge in [0.05, 0.1) is 23.2 Å². The Bertz CT molecular complexity index is 885. The average molecular weight is 447 g/mol. The summed E-state index contributed by atoms with van der Waals surface area (Å²) >= 11 is 0.857. The summed E-state index contributed by atoms with van der Waals surface area (Å²) in [6.07, 6.45) is 3.06. The van der Waals surface area contributed by atoms with E-state index >= 15 is 0 Å². The van der Waals surface area contributed by atoms with Crippen molar-refractivity contribution in [3.8, 4) is 0 Å². The summed E-state index contributed by atoms with van der Waals surface area (Å²) in [4.78, 5) is 48.7. The molecule has 0 aromatic heterocycles. The SMILES string of the molecule is C=CCOC(=O)c1c(C)cccc1NC(=O)[C@@H]1C[C@H](C(=O)OC(C=C)SC(C)=O)CN1. The molecule has 2 N–H and O–H groups in total. The van der Waals surface area contributed by atoms with Crippen LogP contribution >= 0.6 is 11.8 Å². The van der Waals surface area contributed by atoms with Crippen molar-refractivity contribution in [2.75, 3.05) is 18.5 Å². The van der Waals surface area contributed by atoms with E-state index in [-0.39, 0.29) is 36.2 Å². The second-order valence-electron chi connectivity index (χ2n) is 6.92. The minimum atomic E-state index is -0.769. The number of anilines is 1. The van der Waals surface area contributed by atoms with Crippen LogP contribution in [0, 0.1) is 12.8 Å². The fourth-order valence-electron chi connectivity index (χ4n) is 3.08. The molecule has 0 spiro atoms. The maximum Gasteiger partial charge on any atom is 0.340 e. The largest absolute Gasteiger partial charge is 0.458 e. The molecule has 1 unspecified atom stereocenters. The van der Waals surface area contributed by atoms with Crippen LogP contribution in [0.4, 0.5) is 5.69 Å². The van der Waals surface area contributed by atoms with Crippen LogP contribution in [-0.2, 0) is 23.9 Å². The lowest BCUT2D eigenvalue weighted by molar-refractivity contribution is -0.147. The Morgan fingerprint density at radius 2 is 2.06 bits per heavy atom. The Hall–Kier alpha value is -2.91. The van der Waals surface area contributed by atoms with Gasteiger partial charge in [-0.05, 0) is 42.8 Å². The summed E-state index contributed by atoms with van der Waals surface area (Å²) in [6.45, 7) is 10.5. The third-order valence-corrected chi connectivity index (χ3v) is 5.41. The van der Waals surface area contributed by atoms with Crippen LogP contribution in [0.2, 0.25) is 0 Å². The zero-order valence-electron chi connectivity index (χ0n) is 17.5. The van der Waals surface area contributed by atoms with Gasteiger partial charge in [0.1, 0.15) is 6.61 Å². The number of hydrogen-bond donors (Lipinski definition) is 2. The number of hydrogen-bond acceptors (Lipinski definition) is 8. The molecule has 0 saturated carbocycles. The number of aryl methyl sites for hydroxylation is 1. The van der Waals surface area contributed by atoms with Crippen molar-refractivity contribution in [1.29, 1.82) is 0 Å². The van der Waals surface area contributed by atoms with Crippen LogP contribution in [0.25, 0.3) is 0 Å². The standard InChI is InChI=1S/C22H26N2O6S/c1-5-10-29-22(28)19-13(3)8-7-9-16(19)24-20(26)17-11-15(12-23-17)21(27)30-18(6-2)31-14(4)25/h5-9,15,17-18,23H,1-2,10-12H2,3-4H3,(H,24,26)/t15-,17-,18?/m0/s1. The number of benzene rings is 1. The number of carbonyl (C=O) groups is 4. The van der Waals surface area contributed by atoms with Gasteiger partial charge in [-0.3, -0.25) is 14.4 Å². The van der Waals surface area contributed by atoms with Gasteiger partial charge < -0.3 is 20.1 Å². The summed E-state index contributed by atoms with van der Waals surface area (Å²) in [5.74, 6) is -1.99. The molecule has 1 aromatic carbocycles. The predicted octanol–water partition coefficient (Wildman–Crippen LogP) is 2.59. The van der Waals surface area contributed by atoms with E-state index in [1.165, 1.54) is 19.1 Å². The molecule has 0 bridgehead atoms. The molecule has 1 aliphatic rings. The zero-order chi connectivity index (χ0) is 23.0. The summed E-state index contributed by atoms with van der Waals surface area (Å²) < 4.78 is 10.4. The molecule has 1 amide bonds. The topological polar surface area (TPSA) is 111 Å². The molecule has 1 saturated heterocycles. The second kappa shape index (κ2) is 11.5. The normalized spacial score (nSPS) is 18.5. The molecule has 31 heavy (non-hydrogen) atoms. The number of amides is 1. The number of thioether (sulfide) groups is 1. The molecule has 166 valence electrons. The smallest absolute Gasteiger partial charge is 0.340 e. The molecule has 3 atom stereocenters. The third kappa shape index (κ3) is 6.80. The molecule has 2 rings (SSSR count). The number of nitrogens with one attached hydrogen (secondary N) is 2. The molecular formula is C22H26N2O6S. The molecule has 1 aliphatic heterocycles. The molecule has 9 heteroatoms. The van der Waals surface area contributed by atoms with Crippen molar-refractivity contribution < 1.29 is 28.7 Å². The highest BCUT2D eigenvalue weighted by atomic mass is 32.2. The summed E-state index contributed by atoms with van der Waals surface area (Å²) in [5, 5.41) is 5.54. The molecule has 0 aliphatic carbocycles. The summed E-state index contributed by atoms with van der Waals surface area (Å²) in [6, 6.07) is 4.44. The monoisotopic (exact) mass is 446 g/mol. The maximum absolute atomic E-state index is 12.7. The molecule has 8 nitrogen and oxygen atoms in total. The van der Waals surface area contributed by atoms with Crippen molar-refractivity contribution in [3.05, 3.63) is 54.6 Å². The Morgan fingerprint density at radius 3 is 2.71 bits per heavy atom. The van der Waals surface area contributed by atoms with E-state index in [2.05, 4.69) is 23.8 Å². The lowest BCUT2D eigenvalue weighted by Gasteiger charge is -2.16. The van der Waals surface area contributed by atoms with Crippen LogP contribution in [-0.4, -0.2) is 47.6 Å². The fourth-order valence-corrected chi connectivity index (χ4v) is 3.65. The van der Waals surface area contributed by atoms with Crippen LogP contribution < -0.4 is 10.6 Å². The highest BCUT2D eigenvalue weighted by molar-refractivity contribution is 8.14.